The van der Waals surface area contributed by atoms with Gasteiger partial charge in [0.2, 0.25) is 5.88 Å². The molecule has 4 aromatic rings. The van der Waals surface area contributed by atoms with E-state index in [1.165, 1.54) is 31.6 Å². The molecule has 28 heavy (non-hydrogen) atoms. The van der Waals surface area contributed by atoms with Gasteiger partial charge in [-0.2, -0.15) is 0 Å². The van der Waals surface area contributed by atoms with E-state index in [2.05, 4.69) is 24.9 Å². The minimum absolute atomic E-state index is 0.259. The maximum absolute atomic E-state index is 12.5. The van der Waals surface area contributed by atoms with E-state index in [1.54, 1.807) is 23.6 Å². The predicted molar refractivity (Wildman–Crippen MR) is 90.1 cm³/mol. The number of nitrogens with zero attached hydrogens (tertiary/aromatic N) is 5. The number of benzene rings is 1. The van der Waals surface area contributed by atoms with Gasteiger partial charge in [-0.1, -0.05) is 0 Å². The van der Waals surface area contributed by atoms with Gasteiger partial charge in [-0.05, 0) is 18.2 Å². The fraction of sp³-hybridized carbons (Fsp3) is 0.176. The van der Waals surface area contributed by atoms with Crippen LogP contribution in [0.1, 0.15) is 5.89 Å². The van der Waals surface area contributed by atoms with Crippen molar-refractivity contribution in [3.63, 3.8) is 0 Å². The SMILES string of the molecule is COc1ccc(-n2c(-c3coc(C)n3)nc3cc(OC(F)(F)F)ccc32)nn1. The summed E-state index contributed by atoms with van der Waals surface area (Å²) in [5.74, 6) is 1.05. The van der Waals surface area contributed by atoms with Gasteiger partial charge in [0.15, 0.2) is 17.5 Å². The Hall–Kier alpha value is -3.63. The average molecular weight is 391 g/mol. The normalized spacial score (nSPS) is 11.8. The fourth-order valence-corrected chi connectivity index (χ4v) is 2.67. The standard InChI is InChI=1S/C17H12F3N5O3/c1-9-21-12(8-27-9)16-22-11-7-10(28-17(18,19)20)3-4-13(11)25(16)14-5-6-15(26-2)24-23-14/h3-8H,1-2H3. The van der Waals surface area contributed by atoms with E-state index in [1.807, 2.05) is 0 Å². The van der Waals surface area contributed by atoms with Crippen molar-refractivity contribution in [1.29, 1.82) is 0 Å². The highest BCUT2D eigenvalue weighted by Gasteiger charge is 2.31. The molecule has 3 heterocycles. The Kier molecular flexibility index (Phi) is 4.13. The van der Waals surface area contributed by atoms with Gasteiger partial charge in [-0.25, -0.2) is 9.97 Å². The molecule has 0 radical (unpaired) electrons. The lowest BCUT2D eigenvalue weighted by Crippen LogP contribution is -2.17. The van der Waals surface area contributed by atoms with E-state index < -0.39 is 6.36 Å². The Morgan fingerprint density at radius 3 is 2.50 bits per heavy atom. The molecule has 0 atom stereocenters. The second-order valence-corrected chi connectivity index (χ2v) is 5.65. The molecule has 0 aliphatic rings. The Morgan fingerprint density at radius 2 is 1.89 bits per heavy atom. The minimum atomic E-state index is -4.80. The Bertz CT molecular complexity index is 1140. The molecule has 0 aliphatic heterocycles. The van der Waals surface area contributed by atoms with Crippen molar-refractivity contribution in [2.75, 3.05) is 7.11 Å². The van der Waals surface area contributed by atoms with Crippen LogP contribution in [-0.4, -0.2) is 38.2 Å². The molecule has 0 bridgehead atoms. The van der Waals surface area contributed by atoms with Crippen molar-refractivity contribution in [1.82, 2.24) is 24.7 Å². The molecule has 1 aromatic carbocycles. The first kappa shape index (κ1) is 17.8. The summed E-state index contributed by atoms with van der Waals surface area (Å²) in [4.78, 5) is 8.64. The zero-order valence-corrected chi connectivity index (χ0v) is 14.6. The van der Waals surface area contributed by atoms with Crippen LogP contribution < -0.4 is 9.47 Å². The van der Waals surface area contributed by atoms with Crippen LogP contribution in [0.4, 0.5) is 13.2 Å². The quantitative estimate of drug-likeness (QED) is 0.524. The maximum Gasteiger partial charge on any atom is 0.573 e. The first-order valence-corrected chi connectivity index (χ1v) is 7.93. The van der Waals surface area contributed by atoms with Crippen LogP contribution in [0.15, 0.2) is 41.0 Å². The summed E-state index contributed by atoms with van der Waals surface area (Å²) in [6.45, 7) is 1.67. The number of halogens is 3. The number of methoxy groups -OCH3 is 1. The van der Waals surface area contributed by atoms with Gasteiger partial charge in [0.05, 0.1) is 18.1 Å². The van der Waals surface area contributed by atoms with Gasteiger partial charge >= 0.3 is 6.36 Å². The topological polar surface area (TPSA) is 88.1 Å². The molecule has 4 rings (SSSR count). The molecule has 0 spiro atoms. The van der Waals surface area contributed by atoms with Gasteiger partial charge in [0.1, 0.15) is 17.7 Å². The minimum Gasteiger partial charge on any atom is -0.480 e. The Labute approximate surface area is 155 Å². The Morgan fingerprint density at radius 1 is 1.07 bits per heavy atom. The summed E-state index contributed by atoms with van der Waals surface area (Å²) in [6.07, 6.45) is -3.40. The molecule has 11 heteroatoms. The summed E-state index contributed by atoms with van der Waals surface area (Å²) in [5, 5.41) is 8.02. The van der Waals surface area contributed by atoms with E-state index in [9.17, 15) is 13.2 Å². The van der Waals surface area contributed by atoms with Crippen LogP contribution in [0.5, 0.6) is 11.6 Å². The van der Waals surface area contributed by atoms with Crippen molar-refractivity contribution < 1.29 is 27.1 Å². The third kappa shape index (κ3) is 3.33. The van der Waals surface area contributed by atoms with Gasteiger partial charge < -0.3 is 13.9 Å². The Balaban J connectivity index is 1.91. The molecule has 0 N–H and O–H groups in total. The number of aromatic nitrogens is 5. The number of alkyl halides is 3. The van der Waals surface area contributed by atoms with Gasteiger partial charge in [0.25, 0.3) is 0 Å². The van der Waals surface area contributed by atoms with Crippen LogP contribution in [0.3, 0.4) is 0 Å². The van der Waals surface area contributed by atoms with E-state index in [0.717, 1.165) is 0 Å². The van der Waals surface area contributed by atoms with Crippen molar-refractivity contribution in [3.8, 4) is 29.0 Å². The molecule has 144 valence electrons. The number of hydrogen-bond acceptors (Lipinski definition) is 7. The zero-order chi connectivity index (χ0) is 19.9. The number of rotatable bonds is 4. The average Bonchev–Trinajstić information content (AvgIpc) is 3.23. The monoisotopic (exact) mass is 391 g/mol. The van der Waals surface area contributed by atoms with E-state index in [4.69, 9.17) is 9.15 Å². The highest BCUT2D eigenvalue weighted by Crippen LogP contribution is 2.31. The molecular weight excluding hydrogens is 379 g/mol. The lowest BCUT2D eigenvalue weighted by Gasteiger charge is -2.09. The van der Waals surface area contributed by atoms with Crippen LogP contribution in [0.25, 0.3) is 28.4 Å². The molecule has 8 nitrogen and oxygen atoms in total. The summed E-state index contributed by atoms with van der Waals surface area (Å²) < 4.78 is 53.4. The van der Waals surface area contributed by atoms with Crippen LogP contribution in [0, 0.1) is 6.92 Å². The van der Waals surface area contributed by atoms with Crippen LogP contribution in [0.2, 0.25) is 0 Å². The van der Waals surface area contributed by atoms with Crippen LogP contribution in [-0.2, 0) is 0 Å². The van der Waals surface area contributed by atoms with Crippen molar-refractivity contribution >= 4 is 11.0 Å². The maximum atomic E-state index is 12.5. The van der Waals surface area contributed by atoms with Crippen LogP contribution >= 0.6 is 0 Å². The third-order valence-corrected chi connectivity index (χ3v) is 3.77. The van der Waals surface area contributed by atoms with Crippen molar-refractivity contribution in [2.24, 2.45) is 0 Å². The number of oxazole rings is 1. The highest BCUT2D eigenvalue weighted by molar-refractivity contribution is 5.83. The molecule has 0 unspecified atom stereocenters. The number of hydrogen-bond donors (Lipinski definition) is 0. The van der Waals surface area contributed by atoms with E-state index >= 15 is 0 Å². The third-order valence-electron chi connectivity index (χ3n) is 3.77. The molecule has 0 saturated heterocycles. The number of aryl methyl sites for hydroxylation is 1. The first-order chi connectivity index (χ1) is 13.3. The van der Waals surface area contributed by atoms with Gasteiger partial charge in [0, 0.05) is 19.1 Å². The summed E-state index contributed by atoms with van der Waals surface area (Å²) in [7, 11) is 1.46. The molecule has 0 amide bonds. The smallest absolute Gasteiger partial charge is 0.480 e. The zero-order valence-electron chi connectivity index (χ0n) is 14.6. The summed E-state index contributed by atoms with van der Waals surface area (Å²) in [5.41, 5.74) is 1.14. The van der Waals surface area contributed by atoms with Gasteiger partial charge in [-0.15, -0.1) is 23.4 Å². The van der Waals surface area contributed by atoms with E-state index in [-0.39, 0.29) is 11.3 Å². The van der Waals surface area contributed by atoms with Gasteiger partial charge in [-0.3, -0.25) is 4.57 Å². The number of fused-ring (bicyclic) bond motifs is 1. The summed E-state index contributed by atoms with van der Waals surface area (Å²) in [6, 6.07) is 7.08. The largest absolute Gasteiger partial charge is 0.573 e. The fourth-order valence-electron chi connectivity index (χ4n) is 2.67. The van der Waals surface area contributed by atoms with E-state index in [0.29, 0.717) is 34.6 Å². The molecular formula is C17H12F3N5O3. The molecule has 0 fully saturated rings. The number of imidazole rings is 1. The number of ether oxygens (including phenoxy) is 2. The lowest BCUT2D eigenvalue weighted by molar-refractivity contribution is -0.274. The summed E-state index contributed by atoms with van der Waals surface area (Å²) >= 11 is 0. The first-order valence-electron chi connectivity index (χ1n) is 7.93. The van der Waals surface area contributed by atoms with Crippen molar-refractivity contribution in [2.45, 2.75) is 13.3 Å². The molecule has 3 aromatic heterocycles. The highest BCUT2D eigenvalue weighted by atomic mass is 19.4. The second-order valence-electron chi connectivity index (χ2n) is 5.65. The second kappa shape index (κ2) is 6.51. The lowest BCUT2D eigenvalue weighted by atomic mass is 10.3. The van der Waals surface area contributed by atoms with Crippen molar-refractivity contribution in [3.05, 3.63) is 42.5 Å². The molecule has 0 aliphatic carbocycles. The molecule has 0 saturated carbocycles. The predicted octanol–water partition coefficient (Wildman–Crippen LogP) is 3.69.